The number of nitrogens with two attached hydrogens (primary N) is 2. The lowest BCUT2D eigenvalue weighted by molar-refractivity contribution is 1.03. The molecule has 0 spiro atoms. The van der Waals surface area contributed by atoms with Crippen molar-refractivity contribution in [2.24, 2.45) is 0 Å². The molecule has 6 heteroatoms. The van der Waals surface area contributed by atoms with Gasteiger partial charge in [0.1, 0.15) is 5.03 Å². The highest BCUT2D eigenvalue weighted by Gasteiger charge is 2.09. The van der Waals surface area contributed by atoms with Crippen LogP contribution in [0.5, 0.6) is 0 Å². The molecule has 4 nitrogen and oxygen atoms in total. The fourth-order valence-corrected chi connectivity index (χ4v) is 2.73. The summed E-state index contributed by atoms with van der Waals surface area (Å²) in [4.78, 5) is 8.15. The Balaban J connectivity index is 2.18. The summed E-state index contributed by atoms with van der Waals surface area (Å²) < 4.78 is 0. The predicted molar refractivity (Wildman–Crippen MR) is 76.6 cm³/mol. The fraction of sp³-hybridized carbons (Fsp3) is 0.167. The first-order chi connectivity index (χ1) is 8.58. The molecule has 94 valence electrons. The first-order valence-electron chi connectivity index (χ1n) is 5.33. The summed E-state index contributed by atoms with van der Waals surface area (Å²) in [5.74, 6) is 0.933. The average molecular weight is 281 g/mol. The van der Waals surface area contributed by atoms with Gasteiger partial charge in [-0.3, -0.25) is 0 Å². The zero-order valence-corrected chi connectivity index (χ0v) is 11.4. The molecule has 4 N–H and O–H groups in total. The number of benzene rings is 1. The van der Waals surface area contributed by atoms with Crippen LogP contribution in [0.15, 0.2) is 29.3 Å². The van der Waals surface area contributed by atoms with E-state index in [2.05, 4.69) is 9.97 Å². The molecule has 0 bridgehead atoms. The quantitative estimate of drug-likeness (QED) is 0.668. The predicted octanol–water partition coefficient (Wildman–Crippen LogP) is 2.90. The van der Waals surface area contributed by atoms with Crippen LogP contribution in [0.1, 0.15) is 11.3 Å². The van der Waals surface area contributed by atoms with Crippen molar-refractivity contribution in [3.8, 4) is 0 Å². The second-order valence-electron chi connectivity index (χ2n) is 3.77. The van der Waals surface area contributed by atoms with Crippen LogP contribution in [0, 0.1) is 6.92 Å². The summed E-state index contributed by atoms with van der Waals surface area (Å²) in [5, 5.41) is 1.43. The first-order valence-corrected chi connectivity index (χ1v) is 6.70. The van der Waals surface area contributed by atoms with Gasteiger partial charge in [0.05, 0.1) is 11.4 Å². The van der Waals surface area contributed by atoms with Crippen molar-refractivity contribution in [2.75, 3.05) is 11.5 Å². The Bertz CT molecular complexity index is 574. The first kappa shape index (κ1) is 13.0. The molecule has 0 atom stereocenters. The van der Waals surface area contributed by atoms with Crippen LogP contribution in [-0.2, 0) is 5.75 Å². The Kier molecular flexibility index (Phi) is 3.93. The normalized spacial score (nSPS) is 10.6. The van der Waals surface area contributed by atoms with Gasteiger partial charge in [-0.1, -0.05) is 41.6 Å². The van der Waals surface area contributed by atoms with E-state index in [9.17, 15) is 0 Å². The zero-order chi connectivity index (χ0) is 13.1. The Hall–Kier alpha value is -1.46. The number of hydrogen-bond donors (Lipinski definition) is 2. The van der Waals surface area contributed by atoms with E-state index in [1.165, 1.54) is 11.8 Å². The van der Waals surface area contributed by atoms with Gasteiger partial charge in [-0.2, -0.15) is 0 Å². The molecule has 1 heterocycles. The van der Waals surface area contributed by atoms with Crippen LogP contribution in [0.4, 0.5) is 11.6 Å². The minimum Gasteiger partial charge on any atom is -0.395 e. The van der Waals surface area contributed by atoms with Gasteiger partial charge in [-0.15, -0.1) is 0 Å². The van der Waals surface area contributed by atoms with Gasteiger partial charge in [0.2, 0.25) is 5.95 Å². The van der Waals surface area contributed by atoms with E-state index in [0.717, 1.165) is 10.6 Å². The number of thioether (sulfide) groups is 1. The number of hydrogen-bond acceptors (Lipinski definition) is 5. The smallest absolute Gasteiger partial charge is 0.221 e. The van der Waals surface area contributed by atoms with Crippen LogP contribution in [0.2, 0.25) is 5.02 Å². The number of nitrogen functional groups attached to an aromatic ring is 2. The van der Waals surface area contributed by atoms with Gasteiger partial charge < -0.3 is 11.5 Å². The van der Waals surface area contributed by atoms with Crippen LogP contribution >= 0.6 is 23.4 Å². The number of rotatable bonds is 3. The van der Waals surface area contributed by atoms with Gasteiger partial charge in [0.15, 0.2) is 0 Å². The van der Waals surface area contributed by atoms with Crippen LogP contribution < -0.4 is 11.5 Å². The van der Waals surface area contributed by atoms with E-state index < -0.39 is 0 Å². The SMILES string of the molecule is Cc1nc(N)nc(SCc2ccccc2Cl)c1N. The third-order valence-corrected chi connectivity index (χ3v) is 3.85. The molecule has 0 amide bonds. The van der Waals surface area contributed by atoms with Crippen molar-refractivity contribution in [2.45, 2.75) is 17.7 Å². The van der Waals surface area contributed by atoms with E-state index in [4.69, 9.17) is 23.1 Å². The van der Waals surface area contributed by atoms with Gasteiger partial charge in [0.25, 0.3) is 0 Å². The topological polar surface area (TPSA) is 77.8 Å². The highest BCUT2D eigenvalue weighted by Crippen LogP contribution is 2.30. The van der Waals surface area contributed by atoms with Crippen molar-refractivity contribution in [1.82, 2.24) is 9.97 Å². The molecule has 0 fully saturated rings. The molecular weight excluding hydrogens is 268 g/mol. The molecule has 0 radical (unpaired) electrons. The van der Waals surface area contributed by atoms with Crippen molar-refractivity contribution in [3.05, 3.63) is 40.5 Å². The lowest BCUT2D eigenvalue weighted by Crippen LogP contribution is -2.03. The molecule has 0 aliphatic rings. The average Bonchev–Trinajstić information content (AvgIpc) is 2.33. The minimum absolute atomic E-state index is 0.239. The Morgan fingerprint density at radius 2 is 1.94 bits per heavy atom. The molecule has 0 aliphatic carbocycles. The van der Waals surface area contributed by atoms with Gasteiger partial charge in [0, 0.05) is 10.8 Å². The number of halogens is 1. The van der Waals surface area contributed by atoms with E-state index in [-0.39, 0.29) is 5.95 Å². The Morgan fingerprint density at radius 3 is 2.67 bits per heavy atom. The number of anilines is 2. The molecule has 0 aliphatic heterocycles. The van der Waals surface area contributed by atoms with Crippen molar-refractivity contribution in [3.63, 3.8) is 0 Å². The summed E-state index contributed by atoms with van der Waals surface area (Å²) in [5.41, 5.74) is 13.8. The number of aryl methyl sites for hydroxylation is 1. The van der Waals surface area contributed by atoms with Gasteiger partial charge >= 0.3 is 0 Å². The van der Waals surface area contributed by atoms with Crippen molar-refractivity contribution < 1.29 is 0 Å². The molecule has 2 rings (SSSR count). The monoisotopic (exact) mass is 280 g/mol. The molecule has 0 unspecified atom stereocenters. The number of nitrogens with zero attached hydrogens (tertiary/aromatic N) is 2. The highest BCUT2D eigenvalue weighted by atomic mass is 35.5. The second kappa shape index (κ2) is 5.46. The lowest BCUT2D eigenvalue weighted by Gasteiger charge is -2.08. The highest BCUT2D eigenvalue weighted by molar-refractivity contribution is 7.98. The van der Waals surface area contributed by atoms with Crippen LogP contribution in [0.3, 0.4) is 0 Å². The maximum Gasteiger partial charge on any atom is 0.221 e. The summed E-state index contributed by atoms with van der Waals surface area (Å²) in [6.07, 6.45) is 0. The van der Waals surface area contributed by atoms with E-state index in [0.29, 0.717) is 22.2 Å². The van der Waals surface area contributed by atoms with Crippen molar-refractivity contribution in [1.29, 1.82) is 0 Å². The van der Waals surface area contributed by atoms with Crippen LogP contribution in [-0.4, -0.2) is 9.97 Å². The van der Waals surface area contributed by atoms with Gasteiger partial charge in [-0.25, -0.2) is 9.97 Å². The molecular formula is C12H13ClN4S. The Morgan fingerprint density at radius 1 is 1.22 bits per heavy atom. The largest absolute Gasteiger partial charge is 0.395 e. The molecule has 2 aromatic rings. The van der Waals surface area contributed by atoms with Crippen LogP contribution in [0.25, 0.3) is 0 Å². The summed E-state index contributed by atoms with van der Waals surface area (Å²) in [6.45, 7) is 1.81. The maximum absolute atomic E-state index is 6.09. The Labute approximate surface area is 115 Å². The fourth-order valence-electron chi connectivity index (χ4n) is 1.45. The van der Waals surface area contributed by atoms with Gasteiger partial charge in [-0.05, 0) is 18.6 Å². The standard InChI is InChI=1S/C12H13ClN4S/c1-7-10(14)11(17-12(15)16-7)18-6-8-4-2-3-5-9(8)13/h2-5H,6,14H2,1H3,(H2,15,16,17). The summed E-state index contributed by atoms with van der Waals surface area (Å²) in [7, 11) is 0. The molecule has 1 aromatic heterocycles. The maximum atomic E-state index is 6.09. The summed E-state index contributed by atoms with van der Waals surface area (Å²) in [6, 6.07) is 7.69. The third-order valence-electron chi connectivity index (χ3n) is 2.44. The minimum atomic E-state index is 0.239. The van der Waals surface area contributed by atoms with Crippen molar-refractivity contribution >= 4 is 35.0 Å². The third kappa shape index (κ3) is 2.86. The van der Waals surface area contributed by atoms with E-state index in [1.54, 1.807) is 0 Å². The van der Waals surface area contributed by atoms with E-state index in [1.807, 2.05) is 31.2 Å². The zero-order valence-electron chi connectivity index (χ0n) is 9.85. The molecule has 0 saturated heterocycles. The molecule has 18 heavy (non-hydrogen) atoms. The summed E-state index contributed by atoms with van der Waals surface area (Å²) >= 11 is 7.59. The second-order valence-corrected chi connectivity index (χ2v) is 5.14. The number of aromatic nitrogens is 2. The van der Waals surface area contributed by atoms with E-state index >= 15 is 0 Å². The molecule has 1 aromatic carbocycles. The molecule has 0 saturated carbocycles. The lowest BCUT2D eigenvalue weighted by atomic mass is 10.2.